The maximum absolute atomic E-state index is 12.8. The predicted octanol–water partition coefficient (Wildman–Crippen LogP) is 4.34. The van der Waals surface area contributed by atoms with E-state index in [-0.39, 0.29) is 17.9 Å². The fourth-order valence-corrected chi connectivity index (χ4v) is 3.54. The smallest absolute Gasteiger partial charge is 0.229 e. The largest absolute Gasteiger partial charge is 0.370 e. The molecular formula is C22H29N3O. The number of hydrogen-bond donors (Lipinski definition) is 2. The molecule has 0 saturated carbocycles. The van der Waals surface area contributed by atoms with Crippen LogP contribution < -0.4 is 16.0 Å². The summed E-state index contributed by atoms with van der Waals surface area (Å²) in [5.41, 5.74) is 9.30. The van der Waals surface area contributed by atoms with E-state index < -0.39 is 0 Å². The third-order valence-corrected chi connectivity index (χ3v) is 5.25. The summed E-state index contributed by atoms with van der Waals surface area (Å²) >= 11 is 0. The Balaban J connectivity index is 1.73. The summed E-state index contributed by atoms with van der Waals surface area (Å²) in [7, 11) is 0. The van der Waals surface area contributed by atoms with E-state index in [1.807, 2.05) is 55.5 Å². The number of hydrogen-bond acceptors (Lipinski definition) is 3. The van der Waals surface area contributed by atoms with E-state index in [2.05, 4.69) is 16.3 Å². The lowest BCUT2D eigenvalue weighted by Gasteiger charge is -2.26. The molecule has 0 radical (unpaired) electrons. The molecule has 0 spiro atoms. The monoisotopic (exact) mass is 351 g/mol. The highest BCUT2D eigenvalue weighted by atomic mass is 16.1. The number of carbonyl (C=O) groups is 1. The molecule has 3 rings (SSSR count). The standard InChI is InChI=1S/C22H29N3O/c1-17(21(23)18-11-5-4-6-12-18)22(26)24-19-13-7-8-14-20(19)25-15-9-2-3-10-16-25/h4-8,11-14,17,21H,2-3,9-10,15-16,23H2,1H3,(H,24,26). The number of carbonyl (C=O) groups excluding carboxylic acids is 1. The fraction of sp³-hybridized carbons (Fsp3) is 0.409. The molecule has 2 aromatic rings. The summed E-state index contributed by atoms with van der Waals surface area (Å²) < 4.78 is 0. The van der Waals surface area contributed by atoms with E-state index in [9.17, 15) is 4.79 Å². The maximum atomic E-state index is 12.8. The Kier molecular flexibility index (Phi) is 6.29. The molecule has 1 heterocycles. The van der Waals surface area contributed by atoms with Crippen molar-refractivity contribution < 1.29 is 4.79 Å². The molecule has 4 heteroatoms. The van der Waals surface area contributed by atoms with Gasteiger partial charge in [0.05, 0.1) is 17.3 Å². The van der Waals surface area contributed by atoms with Gasteiger partial charge in [0.1, 0.15) is 0 Å². The third-order valence-electron chi connectivity index (χ3n) is 5.25. The van der Waals surface area contributed by atoms with Gasteiger partial charge in [-0.15, -0.1) is 0 Å². The minimum atomic E-state index is -0.318. The first kappa shape index (κ1) is 18.5. The van der Waals surface area contributed by atoms with E-state index in [0.29, 0.717) is 0 Å². The molecule has 138 valence electrons. The van der Waals surface area contributed by atoms with Crippen LogP contribution >= 0.6 is 0 Å². The van der Waals surface area contributed by atoms with Gasteiger partial charge >= 0.3 is 0 Å². The summed E-state index contributed by atoms with van der Waals surface area (Å²) in [6.45, 7) is 3.99. The molecule has 1 aliphatic heterocycles. The fourth-order valence-electron chi connectivity index (χ4n) is 3.54. The van der Waals surface area contributed by atoms with Gasteiger partial charge in [-0.25, -0.2) is 0 Å². The van der Waals surface area contributed by atoms with Gasteiger partial charge in [0, 0.05) is 19.1 Å². The summed E-state index contributed by atoms with van der Waals surface area (Å²) in [5.74, 6) is -0.349. The Bertz CT molecular complexity index is 708. The van der Waals surface area contributed by atoms with Crippen LogP contribution in [0.25, 0.3) is 0 Å². The van der Waals surface area contributed by atoms with Gasteiger partial charge in [0.15, 0.2) is 0 Å². The SMILES string of the molecule is CC(C(=O)Nc1ccccc1N1CCCCCC1)C(N)c1ccccc1. The first-order valence-electron chi connectivity index (χ1n) is 9.62. The predicted molar refractivity (Wildman–Crippen MR) is 108 cm³/mol. The Morgan fingerprint density at radius 1 is 0.962 bits per heavy atom. The lowest BCUT2D eigenvalue weighted by Crippen LogP contribution is -2.31. The van der Waals surface area contributed by atoms with Gasteiger partial charge < -0.3 is 16.0 Å². The van der Waals surface area contributed by atoms with Crippen molar-refractivity contribution in [2.24, 2.45) is 11.7 Å². The summed E-state index contributed by atoms with van der Waals surface area (Å²) in [5, 5.41) is 3.12. The van der Waals surface area contributed by atoms with Crippen LogP contribution in [0.3, 0.4) is 0 Å². The van der Waals surface area contributed by atoms with Crippen molar-refractivity contribution in [3.05, 3.63) is 60.2 Å². The van der Waals surface area contributed by atoms with Gasteiger partial charge in [-0.2, -0.15) is 0 Å². The second-order valence-corrected chi connectivity index (χ2v) is 7.13. The van der Waals surface area contributed by atoms with Gasteiger partial charge in [0.2, 0.25) is 5.91 Å². The van der Waals surface area contributed by atoms with Crippen molar-refractivity contribution in [2.45, 2.75) is 38.6 Å². The molecule has 1 saturated heterocycles. The number of anilines is 2. The van der Waals surface area contributed by atoms with Gasteiger partial charge in [-0.3, -0.25) is 4.79 Å². The molecule has 1 fully saturated rings. The zero-order chi connectivity index (χ0) is 18.4. The minimum Gasteiger partial charge on any atom is -0.370 e. The summed E-state index contributed by atoms with van der Waals surface area (Å²) in [6, 6.07) is 17.6. The molecular weight excluding hydrogens is 322 g/mol. The second-order valence-electron chi connectivity index (χ2n) is 7.13. The van der Waals surface area contributed by atoms with Crippen LogP contribution in [0.15, 0.2) is 54.6 Å². The van der Waals surface area contributed by atoms with E-state index in [0.717, 1.165) is 30.0 Å². The van der Waals surface area contributed by atoms with Crippen molar-refractivity contribution in [3.8, 4) is 0 Å². The highest BCUT2D eigenvalue weighted by molar-refractivity contribution is 5.96. The molecule has 0 aromatic heterocycles. The van der Waals surface area contributed by atoms with Gasteiger partial charge in [-0.1, -0.05) is 62.2 Å². The molecule has 3 N–H and O–H groups in total. The molecule has 0 aliphatic carbocycles. The number of para-hydroxylation sites is 2. The average Bonchev–Trinajstić information content (AvgIpc) is 2.97. The number of nitrogens with zero attached hydrogens (tertiary/aromatic N) is 1. The third kappa shape index (κ3) is 4.44. The van der Waals surface area contributed by atoms with Gasteiger partial charge in [0.25, 0.3) is 0 Å². The van der Waals surface area contributed by atoms with Crippen molar-refractivity contribution in [2.75, 3.05) is 23.3 Å². The van der Waals surface area contributed by atoms with Crippen LogP contribution in [-0.2, 0) is 4.79 Å². The van der Waals surface area contributed by atoms with E-state index in [1.54, 1.807) is 0 Å². The number of amides is 1. The Morgan fingerprint density at radius 2 is 1.58 bits per heavy atom. The van der Waals surface area contributed by atoms with Crippen molar-refractivity contribution in [1.29, 1.82) is 0 Å². The Hall–Kier alpha value is -2.33. The second kappa shape index (κ2) is 8.86. The molecule has 1 amide bonds. The van der Waals surface area contributed by atoms with Crippen LogP contribution in [-0.4, -0.2) is 19.0 Å². The molecule has 4 nitrogen and oxygen atoms in total. The summed E-state index contributed by atoms with van der Waals surface area (Å²) in [6.07, 6.45) is 4.98. The molecule has 2 unspecified atom stereocenters. The Morgan fingerprint density at radius 3 is 2.27 bits per heavy atom. The van der Waals surface area contributed by atoms with Gasteiger partial charge in [-0.05, 0) is 30.5 Å². The van der Waals surface area contributed by atoms with Crippen molar-refractivity contribution in [1.82, 2.24) is 0 Å². The maximum Gasteiger partial charge on any atom is 0.229 e. The van der Waals surface area contributed by atoms with E-state index in [1.165, 1.54) is 25.7 Å². The van der Waals surface area contributed by atoms with Crippen LogP contribution in [0.4, 0.5) is 11.4 Å². The minimum absolute atomic E-state index is 0.0383. The number of rotatable bonds is 5. The lowest BCUT2D eigenvalue weighted by atomic mass is 9.94. The normalized spacial score (nSPS) is 17.2. The zero-order valence-electron chi connectivity index (χ0n) is 15.5. The van der Waals surface area contributed by atoms with E-state index >= 15 is 0 Å². The van der Waals surface area contributed by atoms with Crippen molar-refractivity contribution >= 4 is 17.3 Å². The highest BCUT2D eigenvalue weighted by Crippen LogP contribution is 2.29. The molecule has 26 heavy (non-hydrogen) atoms. The first-order chi connectivity index (χ1) is 12.7. The molecule has 1 aliphatic rings. The van der Waals surface area contributed by atoms with Crippen LogP contribution in [0, 0.1) is 5.92 Å². The Labute approximate surface area is 156 Å². The first-order valence-corrected chi connectivity index (χ1v) is 9.62. The number of nitrogens with one attached hydrogen (secondary N) is 1. The van der Waals surface area contributed by atoms with Crippen molar-refractivity contribution in [3.63, 3.8) is 0 Å². The average molecular weight is 351 g/mol. The quantitative estimate of drug-likeness (QED) is 0.842. The van der Waals surface area contributed by atoms with Crippen LogP contribution in [0.1, 0.15) is 44.2 Å². The number of nitrogens with two attached hydrogens (primary N) is 1. The lowest BCUT2D eigenvalue weighted by molar-refractivity contribution is -0.120. The van der Waals surface area contributed by atoms with Crippen LogP contribution in [0.5, 0.6) is 0 Å². The zero-order valence-corrected chi connectivity index (χ0v) is 15.5. The number of benzene rings is 2. The van der Waals surface area contributed by atoms with Crippen LogP contribution in [0.2, 0.25) is 0 Å². The summed E-state index contributed by atoms with van der Waals surface area (Å²) in [4.78, 5) is 15.2. The highest BCUT2D eigenvalue weighted by Gasteiger charge is 2.23. The molecule has 0 bridgehead atoms. The molecule has 2 atom stereocenters. The molecule has 2 aromatic carbocycles. The topological polar surface area (TPSA) is 58.4 Å². The van der Waals surface area contributed by atoms with E-state index in [4.69, 9.17) is 5.73 Å².